The highest BCUT2D eigenvalue weighted by molar-refractivity contribution is 8.10. The zero-order valence-corrected chi connectivity index (χ0v) is 25.1. The van der Waals surface area contributed by atoms with Crippen LogP contribution in [0.2, 0.25) is 0 Å². The summed E-state index contributed by atoms with van der Waals surface area (Å²) in [4.78, 5) is 40.0. The summed E-state index contributed by atoms with van der Waals surface area (Å²) in [6.45, 7) is 2.83. The minimum atomic E-state index is -4.84. The lowest BCUT2D eigenvalue weighted by atomic mass is 9.95. The number of anilines is 1. The van der Waals surface area contributed by atoms with E-state index < -0.39 is 97.0 Å². The molecule has 2 rings (SSSR count). The standard InChI is InChI=1S/C22H33F5N5O8PS/c1-9(2)38-17(34)11(5)30-41(42,31-12(6)18(35)39-10(3)4)37-8-21(19(24)25)22(26,27)14(33)16(40-21)32-7-13(23)15(28)29-20(32)36/h7,9-12,14,16,19,33H,8H2,1-6H3,(H2,28,29,36)(H2,30,31,42)/t11-,12-,14-,16+,21-/m0/s1. The van der Waals surface area contributed by atoms with Gasteiger partial charge in [-0.1, -0.05) is 0 Å². The van der Waals surface area contributed by atoms with Gasteiger partial charge in [0, 0.05) is 0 Å². The van der Waals surface area contributed by atoms with Crippen molar-refractivity contribution >= 4 is 36.1 Å². The predicted molar refractivity (Wildman–Crippen MR) is 141 cm³/mol. The average Bonchev–Trinajstić information content (AvgIpc) is 3.05. The first-order valence-electron chi connectivity index (χ1n) is 12.4. The lowest BCUT2D eigenvalue weighted by molar-refractivity contribution is -0.241. The molecule has 0 amide bonds. The Labute approximate surface area is 242 Å². The number of halogens is 5. The van der Waals surface area contributed by atoms with Crippen LogP contribution in [0, 0.1) is 5.82 Å². The van der Waals surface area contributed by atoms with Crippen molar-refractivity contribution < 1.29 is 55.4 Å². The summed E-state index contributed by atoms with van der Waals surface area (Å²) in [6, 6.07) is -2.60. The van der Waals surface area contributed by atoms with Gasteiger partial charge in [-0.3, -0.25) is 14.2 Å². The fraction of sp³-hybridized carbons (Fsp3) is 0.727. The molecule has 5 atom stereocenters. The summed E-state index contributed by atoms with van der Waals surface area (Å²) >= 11 is 5.38. The largest absolute Gasteiger partial charge is 0.462 e. The normalized spacial score (nSPS) is 23.8. The number of alkyl halides is 4. The van der Waals surface area contributed by atoms with E-state index in [-0.39, 0.29) is 10.8 Å². The number of hydrogen-bond acceptors (Lipinski definition) is 11. The highest BCUT2D eigenvalue weighted by Crippen LogP contribution is 2.53. The molecule has 0 spiro atoms. The zero-order valence-electron chi connectivity index (χ0n) is 23.3. The number of rotatable bonds is 13. The van der Waals surface area contributed by atoms with Crippen LogP contribution in [0.25, 0.3) is 0 Å². The Morgan fingerprint density at radius 3 is 2.05 bits per heavy atom. The molecule has 0 aromatic carbocycles. The number of hydrogen-bond donors (Lipinski definition) is 4. The van der Waals surface area contributed by atoms with Gasteiger partial charge in [0.05, 0.1) is 25.0 Å². The van der Waals surface area contributed by atoms with Crippen molar-refractivity contribution in [2.75, 3.05) is 12.3 Å². The van der Waals surface area contributed by atoms with E-state index in [4.69, 9.17) is 36.3 Å². The van der Waals surface area contributed by atoms with E-state index in [0.717, 1.165) is 0 Å². The molecule has 2 heterocycles. The second-order valence-electron chi connectivity index (χ2n) is 9.93. The number of esters is 2. The molecular formula is C22H33F5N5O8PS. The monoisotopic (exact) mass is 653 g/mol. The third kappa shape index (κ3) is 7.81. The van der Waals surface area contributed by atoms with E-state index in [9.17, 15) is 32.7 Å². The van der Waals surface area contributed by atoms with Crippen LogP contribution in [0.1, 0.15) is 47.8 Å². The Morgan fingerprint density at radius 1 is 1.14 bits per heavy atom. The molecule has 42 heavy (non-hydrogen) atoms. The minimum absolute atomic E-state index is 0.0367. The molecule has 1 aromatic rings. The van der Waals surface area contributed by atoms with Crippen molar-refractivity contribution in [1.82, 2.24) is 19.7 Å². The first-order valence-corrected chi connectivity index (χ1v) is 15.2. The zero-order chi connectivity index (χ0) is 32.4. The molecule has 1 fully saturated rings. The van der Waals surface area contributed by atoms with Gasteiger partial charge in [0.15, 0.2) is 30.5 Å². The van der Waals surface area contributed by atoms with Gasteiger partial charge in [-0.25, -0.2) is 28.1 Å². The highest BCUT2D eigenvalue weighted by atomic mass is 32.4. The van der Waals surface area contributed by atoms with Crippen molar-refractivity contribution in [1.29, 1.82) is 0 Å². The van der Waals surface area contributed by atoms with Gasteiger partial charge in [-0.05, 0) is 53.3 Å². The molecular weight excluding hydrogens is 620 g/mol. The predicted octanol–water partition coefficient (Wildman–Crippen LogP) is 1.59. The topological polar surface area (TPSA) is 176 Å². The van der Waals surface area contributed by atoms with E-state index in [1.807, 2.05) is 0 Å². The van der Waals surface area contributed by atoms with Crippen molar-refractivity contribution in [3.05, 3.63) is 22.5 Å². The van der Waals surface area contributed by atoms with Gasteiger partial charge < -0.3 is 29.6 Å². The van der Waals surface area contributed by atoms with Gasteiger partial charge in [-0.2, -0.15) is 13.8 Å². The summed E-state index contributed by atoms with van der Waals surface area (Å²) in [5.41, 5.74) is -0.281. The fourth-order valence-corrected chi connectivity index (χ4v) is 6.54. The molecule has 0 unspecified atom stereocenters. The van der Waals surface area contributed by atoms with Crippen molar-refractivity contribution in [2.45, 2.75) is 96.1 Å². The number of nitrogens with zero attached hydrogens (tertiary/aromatic N) is 2. The Bertz CT molecular complexity index is 1220. The van der Waals surface area contributed by atoms with Crippen LogP contribution < -0.4 is 21.6 Å². The number of nitrogens with two attached hydrogens (primary N) is 1. The maximum Gasteiger partial charge on any atom is 0.351 e. The molecule has 0 aliphatic carbocycles. The SMILES string of the molecule is CC(C)OC(=O)[C@H](C)NP(=S)(N[C@@H](C)C(=O)OC(C)C)OC[C@@]1(C(F)F)O[C@@H](n2cc(F)c(N)nc2=O)[C@H](O)C1(F)F. The van der Waals surface area contributed by atoms with E-state index in [1.165, 1.54) is 13.8 Å². The van der Waals surface area contributed by atoms with Crippen LogP contribution in [-0.4, -0.2) is 81.5 Å². The highest BCUT2D eigenvalue weighted by Gasteiger charge is 2.74. The summed E-state index contributed by atoms with van der Waals surface area (Å²) in [5.74, 6) is -8.88. The molecule has 1 aliphatic rings. The number of nitrogens with one attached hydrogen (secondary N) is 2. The molecule has 0 saturated carbocycles. The lowest BCUT2D eigenvalue weighted by Gasteiger charge is -2.36. The average molecular weight is 654 g/mol. The van der Waals surface area contributed by atoms with Crippen LogP contribution in [0.5, 0.6) is 0 Å². The Hall–Kier alpha value is -2.28. The van der Waals surface area contributed by atoms with Crippen LogP contribution in [0.15, 0.2) is 11.0 Å². The second kappa shape index (κ2) is 13.6. The lowest BCUT2D eigenvalue weighted by Crippen LogP contribution is -2.58. The quantitative estimate of drug-likeness (QED) is 0.137. The van der Waals surface area contributed by atoms with Crippen LogP contribution >= 0.6 is 6.57 Å². The fourth-order valence-electron chi connectivity index (χ4n) is 3.61. The summed E-state index contributed by atoms with van der Waals surface area (Å²) < 4.78 is 94.0. The number of carbonyl (C=O) groups is 2. The Balaban J connectivity index is 2.48. The summed E-state index contributed by atoms with van der Waals surface area (Å²) in [7, 11) is 0. The van der Waals surface area contributed by atoms with Crippen molar-refractivity contribution in [3.63, 3.8) is 0 Å². The van der Waals surface area contributed by atoms with E-state index in [0.29, 0.717) is 0 Å². The second-order valence-corrected chi connectivity index (χ2v) is 13.3. The van der Waals surface area contributed by atoms with E-state index in [1.54, 1.807) is 27.7 Å². The third-order valence-corrected chi connectivity index (χ3v) is 8.59. The first-order chi connectivity index (χ1) is 19.2. The van der Waals surface area contributed by atoms with Gasteiger partial charge in [0.2, 0.25) is 5.60 Å². The van der Waals surface area contributed by atoms with Gasteiger partial charge in [0.1, 0.15) is 12.1 Å². The minimum Gasteiger partial charge on any atom is -0.462 e. The summed E-state index contributed by atoms with van der Waals surface area (Å²) in [6.07, 6.45) is -10.7. The van der Waals surface area contributed by atoms with Crippen LogP contribution in [0.4, 0.5) is 27.8 Å². The van der Waals surface area contributed by atoms with E-state index >= 15 is 8.78 Å². The number of aliphatic hydroxyl groups is 1. The van der Waals surface area contributed by atoms with E-state index in [2.05, 4.69) is 15.2 Å². The molecule has 0 radical (unpaired) electrons. The number of nitrogen functional groups attached to an aromatic ring is 1. The van der Waals surface area contributed by atoms with Crippen molar-refractivity contribution in [2.24, 2.45) is 0 Å². The number of carbonyl (C=O) groups excluding carboxylic acids is 2. The molecule has 13 nitrogen and oxygen atoms in total. The first kappa shape index (κ1) is 35.9. The molecule has 240 valence electrons. The molecule has 20 heteroatoms. The number of ether oxygens (including phenoxy) is 3. The third-order valence-electron chi connectivity index (χ3n) is 5.70. The summed E-state index contributed by atoms with van der Waals surface area (Å²) in [5, 5.41) is 15.3. The molecule has 1 saturated heterocycles. The van der Waals surface area contributed by atoms with Crippen LogP contribution in [-0.2, 0) is 40.1 Å². The molecule has 1 aromatic heterocycles. The Kier molecular flexibility index (Phi) is 11.6. The Morgan fingerprint density at radius 2 is 1.62 bits per heavy atom. The van der Waals surface area contributed by atoms with Crippen LogP contribution in [0.3, 0.4) is 0 Å². The number of aromatic nitrogens is 2. The molecule has 5 N–H and O–H groups in total. The van der Waals surface area contributed by atoms with Gasteiger partial charge >= 0.3 is 23.6 Å². The number of aliphatic hydroxyl groups excluding tert-OH is 1. The van der Waals surface area contributed by atoms with Gasteiger partial charge in [0.25, 0.3) is 6.43 Å². The van der Waals surface area contributed by atoms with Gasteiger partial charge in [-0.15, -0.1) is 0 Å². The maximum absolute atomic E-state index is 15.4. The smallest absolute Gasteiger partial charge is 0.351 e. The maximum atomic E-state index is 15.4. The molecule has 1 aliphatic heterocycles. The molecule has 0 bridgehead atoms. The van der Waals surface area contributed by atoms with Crippen molar-refractivity contribution in [3.8, 4) is 0 Å².